The summed E-state index contributed by atoms with van der Waals surface area (Å²) in [6.07, 6.45) is 30.9. The third-order valence-electron chi connectivity index (χ3n) is 19.4. The SMILES string of the molecule is CC(C)(C)CC(=O)CCN1CCC(CC(C)(C)C)C1.CC(C)(C)CCC1CCN(C(=O)CC(C)(C)C)C1.CC(C)(C)CCCCc1ccc(CC(C)(C)C)cc1.CC(C)(C)CCCCc1cccc(CC(C)(C)C)n1.CC(C)(C)CCCCc1nccc(CC(C)(C)C)n1.CC(C)(C)Cc1cccc(CC(C)(C)C)c1. The summed E-state index contributed by atoms with van der Waals surface area (Å²) in [5, 5.41) is 0. The van der Waals surface area contributed by atoms with Crippen molar-refractivity contribution in [2.24, 2.45) is 76.8 Å². The molecule has 4 heterocycles. The average Bonchev–Trinajstić information content (AvgIpc) is 1.61. The summed E-state index contributed by atoms with van der Waals surface area (Å²) in [4.78, 5) is 42.5. The van der Waals surface area contributed by atoms with Crippen molar-refractivity contribution in [1.82, 2.24) is 24.8 Å². The predicted molar refractivity (Wildman–Crippen MR) is 486 cm³/mol. The predicted octanol–water partition coefficient (Wildman–Crippen LogP) is 29.4. The molecule has 7 heteroatoms. The molecule has 2 aliphatic rings. The second kappa shape index (κ2) is 46.5. The first kappa shape index (κ1) is 104. The Hall–Kier alpha value is -4.23. The molecule has 0 bridgehead atoms. The monoisotopic (exact) mass is 1520 g/mol. The number of aryl methyl sites for hydroxylation is 3. The Bertz CT molecular complexity index is 3030. The van der Waals surface area contributed by atoms with E-state index in [1.807, 2.05) is 12.3 Å². The highest BCUT2D eigenvalue weighted by atomic mass is 16.2. The van der Waals surface area contributed by atoms with Crippen LogP contribution < -0.4 is 0 Å². The summed E-state index contributed by atoms with van der Waals surface area (Å²) >= 11 is 0. The van der Waals surface area contributed by atoms with Crippen LogP contribution in [0.2, 0.25) is 0 Å². The minimum atomic E-state index is 0.112. The molecule has 2 aromatic heterocycles. The molecule has 2 unspecified atom stereocenters. The number of pyridine rings is 1. The van der Waals surface area contributed by atoms with Crippen LogP contribution in [0.1, 0.15) is 404 Å². The first-order chi connectivity index (χ1) is 49.7. The van der Waals surface area contributed by atoms with Gasteiger partial charge in [-0.2, -0.15) is 0 Å². The highest BCUT2D eigenvalue weighted by Gasteiger charge is 2.31. The van der Waals surface area contributed by atoms with E-state index in [1.165, 1.54) is 149 Å². The van der Waals surface area contributed by atoms with Gasteiger partial charge in [0.1, 0.15) is 11.6 Å². The smallest absolute Gasteiger partial charge is 0.223 e. The number of amides is 1. The molecule has 0 spiro atoms. The number of nitrogens with zero attached hydrogens (tertiary/aromatic N) is 5. The Morgan fingerprint density at radius 2 is 0.782 bits per heavy atom. The fourth-order valence-corrected chi connectivity index (χ4v) is 14.5. The van der Waals surface area contributed by atoms with Crippen LogP contribution in [0.15, 0.2) is 79.0 Å². The van der Waals surface area contributed by atoms with Crippen LogP contribution in [-0.4, -0.2) is 69.2 Å². The van der Waals surface area contributed by atoms with Gasteiger partial charge in [0.25, 0.3) is 0 Å². The summed E-state index contributed by atoms with van der Waals surface area (Å²) in [5.41, 5.74) is 13.8. The summed E-state index contributed by atoms with van der Waals surface area (Å²) in [6, 6.07) is 26.8. The van der Waals surface area contributed by atoms with Gasteiger partial charge in [0, 0.05) is 75.1 Å². The van der Waals surface area contributed by atoms with Gasteiger partial charge in [-0.05, 0) is 239 Å². The molecule has 4 aromatic rings. The summed E-state index contributed by atoms with van der Waals surface area (Å²) in [7, 11) is 0. The minimum Gasteiger partial charge on any atom is -0.342 e. The molecule has 2 atom stereocenters. The molecule has 110 heavy (non-hydrogen) atoms. The van der Waals surface area contributed by atoms with Crippen LogP contribution in [0.25, 0.3) is 0 Å². The lowest BCUT2D eigenvalue weighted by atomic mass is 9.84. The maximum atomic E-state index is 12.1. The van der Waals surface area contributed by atoms with E-state index in [4.69, 9.17) is 4.98 Å². The zero-order valence-corrected chi connectivity index (χ0v) is 79.9. The summed E-state index contributed by atoms with van der Waals surface area (Å²) in [6.45, 7) is 87.0. The van der Waals surface area contributed by atoms with E-state index in [-0.39, 0.29) is 16.2 Å². The third-order valence-corrected chi connectivity index (χ3v) is 19.4. The number of benzene rings is 2. The van der Waals surface area contributed by atoms with E-state index in [0.29, 0.717) is 73.3 Å². The highest BCUT2D eigenvalue weighted by Crippen LogP contribution is 2.34. The molecule has 2 saturated heterocycles. The van der Waals surface area contributed by atoms with Gasteiger partial charge in [0.15, 0.2) is 0 Å². The molecule has 1 amide bonds. The quantitative estimate of drug-likeness (QED) is 0.0615. The Labute approximate surface area is 685 Å². The van der Waals surface area contributed by atoms with Gasteiger partial charge < -0.3 is 9.80 Å². The maximum Gasteiger partial charge on any atom is 0.223 e. The number of hydrogen-bond donors (Lipinski definition) is 0. The standard InChI is InChI=1S/C19H32.C18H31N.C17H30N2.C17H33NO.C16H31NO.C16H26/c1-18(2,3)14-8-7-9-16-10-12-17(13-11-16)15-19(4,5)6;1-17(2,3)13-8-7-10-15-11-9-12-16(19-15)14-18(4,5)6;1-16(2,3)11-8-7-9-15-18-12-10-14(19-15)13-17(4,5)6;1-16(2,3)11-14-7-9-18(13-14)10-8-15(19)12-17(4,5)6;1-15(2,3)9-7-13-8-10-17(12-13)14(18)11-16(4,5)6;1-15(2,3)11-13-8-7-9-14(10-13)12-16(4,5)6/h10-13H,7-9,14-15H2,1-6H3;9,11-12H,7-8,10,13-14H2,1-6H3;10,12H,7-9,11,13H2,1-6H3;14H,7-13H2,1-6H3;13H,7-12H2,1-6H3;7-10H,11-12H2,1-6H3. The van der Waals surface area contributed by atoms with Crippen LogP contribution >= 0.6 is 0 Å². The molecule has 2 aliphatic heterocycles. The Kier molecular flexibility index (Phi) is 43.9. The van der Waals surface area contributed by atoms with Crippen LogP contribution in [0.4, 0.5) is 0 Å². The van der Waals surface area contributed by atoms with Crippen molar-refractivity contribution in [3.05, 3.63) is 124 Å². The van der Waals surface area contributed by atoms with E-state index < -0.39 is 0 Å². The van der Waals surface area contributed by atoms with Crippen molar-refractivity contribution < 1.29 is 9.59 Å². The van der Waals surface area contributed by atoms with E-state index in [9.17, 15) is 9.59 Å². The fourth-order valence-electron chi connectivity index (χ4n) is 14.5. The zero-order valence-electron chi connectivity index (χ0n) is 79.9. The van der Waals surface area contributed by atoms with Crippen LogP contribution in [0, 0.1) is 76.8 Å². The Morgan fingerprint density at radius 1 is 0.364 bits per heavy atom. The van der Waals surface area contributed by atoms with Crippen molar-refractivity contribution in [1.29, 1.82) is 0 Å². The number of aromatic nitrogens is 3. The number of likely N-dealkylation sites (tertiary alicyclic amines) is 2. The number of ketones is 1. The molecule has 632 valence electrons. The van der Waals surface area contributed by atoms with E-state index >= 15 is 0 Å². The second-order valence-electron chi connectivity index (χ2n) is 48.8. The molecular weight excluding hydrogens is 1340 g/mol. The molecule has 0 aliphatic carbocycles. The van der Waals surface area contributed by atoms with Crippen molar-refractivity contribution in [2.45, 2.75) is 410 Å². The van der Waals surface area contributed by atoms with Gasteiger partial charge in [-0.25, -0.2) is 9.97 Å². The largest absolute Gasteiger partial charge is 0.342 e. The second-order valence-corrected chi connectivity index (χ2v) is 48.8. The molecule has 0 saturated carbocycles. The van der Waals surface area contributed by atoms with Crippen molar-refractivity contribution in [3.8, 4) is 0 Å². The highest BCUT2D eigenvalue weighted by molar-refractivity contribution is 5.79. The van der Waals surface area contributed by atoms with Crippen molar-refractivity contribution >= 4 is 11.7 Å². The maximum absolute atomic E-state index is 12.1. The normalized spacial score (nSPS) is 15.8. The molecule has 2 fully saturated rings. The van der Waals surface area contributed by atoms with Crippen molar-refractivity contribution in [3.63, 3.8) is 0 Å². The van der Waals surface area contributed by atoms with E-state index in [1.54, 1.807) is 0 Å². The molecule has 0 N–H and O–H groups in total. The topological polar surface area (TPSA) is 79.3 Å². The van der Waals surface area contributed by atoms with Gasteiger partial charge in [-0.1, -0.05) is 323 Å². The lowest BCUT2D eigenvalue weighted by molar-refractivity contribution is -0.132. The Morgan fingerprint density at radius 3 is 1.24 bits per heavy atom. The third kappa shape index (κ3) is 62.2. The zero-order chi connectivity index (χ0) is 84.6. The molecule has 6 rings (SSSR count). The Balaban J connectivity index is 0.000000661. The van der Waals surface area contributed by atoms with Gasteiger partial charge in [-0.3, -0.25) is 14.6 Å². The average molecular weight is 1520 g/mol. The van der Waals surface area contributed by atoms with Gasteiger partial charge in [0.2, 0.25) is 5.91 Å². The molecule has 0 radical (unpaired) electrons. The lowest BCUT2D eigenvalue weighted by Crippen LogP contribution is -2.31. The summed E-state index contributed by atoms with van der Waals surface area (Å²) < 4.78 is 0. The molecule has 2 aromatic carbocycles. The van der Waals surface area contributed by atoms with Gasteiger partial charge in [0.05, 0.1) is 0 Å². The van der Waals surface area contributed by atoms with Crippen LogP contribution in [0.5, 0.6) is 0 Å². The molecular formula is C103H183N5O2. The number of unbranched alkanes of at least 4 members (excludes halogenated alkanes) is 3. The number of carbonyl (C=O) groups excluding carboxylic acids is 2. The van der Waals surface area contributed by atoms with E-state index in [2.05, 4.69) is 336 Å². The van der Waals surface area contributed by atoms with Gasteiger partial charge >= 0.3 is 0 Å². The fraction of sp³-hybridized carbons (Fsp3) is 0.777. The van der Waals surface area contributed by atoms with Crippen molar-refractivity contribution in [2.75, 3.05) is 32.7 Å². The number of carbonyl (C=O) groups is 2. The van der Waals surface area contributed by atoms with Crippen LogP contribution in [-0.2, 0) is 61.0 Å². The van der Waals surface area contributed by atoms with Gasteiger partial charge in [-0.15, -0.1) is 0 Å². The number of Topliss-reactive ketones (excluding diaryl/α,β-unsaturated/α-hetero) is 1. The van der Waals surface area contributed by atoms with E-state index in [0.717, 1.165) is 88.7 Å². The first-order valence-electron chi connectivity index (χ1n) is 44.2. The van der Waals surface area contributed by atoms with Crippen LogP contribution in [0.3, 0.4) is 0 Å². The number of hydrogen-bond acceptors (Lipinski definition) is 6. The minimum absolute atomic E-state index is 0.112. The first-order valence-corrected chi connectivity index (χ1v) is 44.2. The molecule has 7 nitrogen and oxygen atoms in total. The number of rotatable bonds is 25. The summed E-state index contributed by atoms with van der Waals surface area (Å²) in [5.74, 6) is 3.34. The lowest BCUT2D eigenvalue weighted by Gasteiger charge is -2.24.